The van der Waals surface area contributed by atoms with Gasteiger partial charge >= 0.3 is 0 Å². The van der Waals surface area contributed by atoms with Gasteiger partial charge < -0.3 is 19.5 Å². The normalized spacial score (nSPS) is 27.3. The highest BCUT2D eigenvalue weighted by molar-refractivity contribution is 5.91. The predicted octanol–water partition coefficient (Wildman–Crippen LogP) is 0.103. The average Bonchev–Trinajstić information content (AvgIpc) is 2.93. The number of amides is 1. The lowest BCUT2D eigenvalue weighted by Crippen LogP contribution is -2.46. The molecule has 1 spiro atoms. The Labute approximate surface area is 147 Å². The van der Waals surface area contributed by atoms with Crippen molar-refractivity contribution in [2.45, 2.75) is 24.5 Å². The van der Waals surface area contributed by atoms with Crippen LogP contribution in [-0.4, -0.2) is 85.6 Å². The van der Waals surface area contributed by atoms with Crippen molar-refractivity contribution in [1.82, 2.24) is 20.2 Å². The van der Waals surface area contributed by atoms with E-state index in [4.69, 9.17) is 14.2 Å². The molecule has 2 atom stereocenters. The van der Waals surface area contributed by atoms with Crippen LogP contribution in [0.3, 0.4) is 0 Å². The number of nitrogens with one attached hydrogen (secondary N) is 1. The molecule has 2 aliphatic rings. The first-order chi connectivity index (χ1) is 12.2. The Balaban J connectivity index is 1.50. The van der Waals surface area contributed by atoms with Crippen molar-refractivity contribution in [3.8, 4) is 0 Å². The van der Waals surface area contributed by atoms with Crippen molar-refractivity contribution >= 4 is 5.91 Å². The van der Waals surface area contributed by atoms with Gasteiger partial charge in [-0.1, -0.05) is 0 Å². The molecule has 0 aromatic carbocycles. The molecule has 0 radical (unpaired) electrons. The molecule has 0 saturated carbocycles. The van der Waals surface area contributed by atoms with Crippen LogP contribution in [0.15, 0.2) is 18.6 Å². The summed E-state index contributed by atoms with van der Waals surface area (Å²) in [6.45, 7) is 5.09. The van der Waals surface area contributed by atoms with Crippen LogP contribution in [0.5, 0.6) is 0 Å². The van der Waals surface area contributed by atoms with E-state index in [1.807, 2.05) is 0 Å². The van der Waals surface area contributed by atoms with Gasteiger partial charge in [0.2, 0.25) is 0 Å². The number of ether oxygens (including phenoxy) is 3. The van der Waals surface area contributed by atoms with Gasteiger partial charge in [0.15, 0.2) is 0 Å². The molecule has 3 rings (SSSR count). The number of rotatable bonds is 6. The van der Waals surface area contributed by atoms with E-state index < -0.39 is 0 Å². The number of methoxy groups -OCH3 is 1. The molecular weight excluding hydrogens is 324 g/mol. The third-order valence-electron chi connectivity index (χ3n) is 4.67. The molecule has 8 heteroatoms. The van der Waals surface area contributed by atoms with E-state index in [0.29, 0.717) is 32.1 Å². The number of hydrogen-bond acceptors (Lipinski definition) is 7. The first kappa shape index (κ1) is 18.2. The van der Waals surface area contributed by atoms with E-state index in [-0.39, 0.29) is 17.6 Å². The van der Waals surface area contributed by atoms with Crippen molar-refractivity contribution in [1.29, 1.82) is 0 Å². The van der Waals surface area contributed by atoms with Gasteiger partial charge in [0.25, 0.3) is 5.91 Å². The molecule has 1 aromatic rings. The lowest BCUT2D eigenvalue weighted by atomic mass is 10.00. The maximum atomic E-state index is 12.1. The third-order valence-corrected chi connectivity index (χ3v) is 4.67. The summed E-state index contributed by atoms with van der Waals surface area (Å²) in [7, 11) is 1.71. The van der Waals surface area contributed by atoms with Crippen LogP contribution in [0, 0.1) is 0 Å². The van der Waals surface area contributed by atoms with Gasteiger partial charge in [0.1, 0.15) is 11.3 Å². The quantitative estimate of drug-likeness (QED) is 0.779. The number of carbonyl (C=O) groups is 1. The largest absolute Gasteiger partial charge is 0.383 e. The molecule has 2 fully saturated rings. The lowest BCUT2D eigenvalue weighted by Gasteiger charge is -2.31. The second-order valence-electron chi connectivity index (χ2n) is 6.58. The van der Waals surface area contributed by atoms with Crippen molar-refractivity contribution in [3.63, 3.8) is 0 Å². The Morgan fingerprint density at radius 3 is 3.24 bits per heavy atom. The Kier molecular flexibility index (Phi) is 6.30. The molecule has 1 aromatic heterocycles. The van der Waals surface area contributed by atoms with Crippen molar-refractivity contribution < 1.29 is 19.0 Å². The molecule has 25 heavy (non-hydrogen) atoms. The van der Waals surface area contributed by atoms with E-state index in [1.54, 1.807) is 13.3 Å². The van der Waals surface area contributed by atoms with Gasteiger partial charge in [-0.15, -0.1) is 0 Å². The van der Waals surface area contributed by atoms with Gasteiger partial charge in [0.05, 0.1) is 32.1 Å². The molecular formula is C17H26N4O4. The minimum absolute atomic E-state index is 0.00778. The minimum Gasteiger partial charge on any atom is -0.383 e. The molecule has 138 valence electrons. The van der Waals surface area contributed by atoms with Crippen LogP contribution in [0.25, 0.3) is 0 Å². The topological polar surface area (TPSA) is 85.8 Å². The zero-order valence-corrected chi connectivity index (χ0v) is 14.6. The third kappa shape index (κ3) is 4.94. The molecule has 3 heterocycles. The molecule has 8 nitrogen and oxygen atoms in total. The van der Waals surface area contributed by atoms with Gasteiger partial charge in [0, 0.05) is 45.7 Å². The predicted molar refractivity (Wildman–Crippen MR) is 90.3 cm³/mol. The summed E-state index contributed by atoms with van der Waals surface area (Å²) in [4.78, 5) is 22.3. The van der Waals surface area contributed by atoms with Crippen LogP contribution in [0.2, 0.25) is 0 Å². The number of nitrogens with zero attached hydrogens (tertiary/aromatic N) is 3. The molecule has 2 aliphatic heterocycles. The lowest BCUT2D eigenvalue weighted by molar-refractivity contribution is -0.0851. The summed E-state index contributed by atoms with van der Waals surface area (Å²) >= 11 is 0. The molecule has 0 unspecified atom stereocenters. The van der Waals surface area contributed by atoms with Gasteiger partial charge in [-0.05, 0) is 12.8 Å². The second-order valence-corrected chi connectivity index (χ2v) is 6.58. The minimum atomic E-state index is -0.286. The Hall–Kier alpha value is -1.61. The molecule has 1 N–H and O–H groups in total. The van der Waals surface area contributed by atoms with Crippen LogP contribution in [-0.2, 0) is 14.2 Å². The van der Waals surface area contributed by atoms with E-state index in [9.17, 15) is 4.79 Å². The fourth-order valence-electron chi connectivity index (χ4n) is 3.37. The maximum absolute atomic E-state index is 12.1. The summed E-state index contributed by atoms with van der Waals surface area (Å²) < 4.78 is 17.3. The van der Waals surface area contributed by atoms with Crippen molar-refractivity contribution in [3.05, 3.63) is 24.3 Å². The molecule has 0 bridgehead atoms. The van der Waals surface area contributed by atoms with Crippen LogP contribution in [0.1, 0.15) is 23.3 Å². The van der Waals surface area contributed by atoms with Gasteiger partial charge in [-0.3, -0.25) is 14.7 Å². The zero-order chi connectivity index (χ0) is 17.5. The Morgan fingerprint density at radius 2 is 2.44 bits per heavy atom. The fraction of sp³-hybridized carbons (Fsp3) is 0.706. The van der Waals surface area contributed by atoms with Crippen LogP contribution < -0.4 is 5.32 Å². The highest BCUT2D eigenvalue weighted by Crippen LogP contribution is 2.32. The average molecular weight is 350 g/mol. The highest BCUT2D eigenvalue weighted by Gasteiger charge is 2.42. The first-order valence-corrected chi connectivity index (χ1v) is 8.72. The smallest absolute Gasteiger partial charge is 0.271 e. The first-order valence-electron chi connectivity index (χ1n) is 8.72. The summed E-state index contributed by atoms with van der Waals surface area (Å²) in [5.74, 6) is -0.225. The van der Waals surface area contributed by atoms with E-state index in [1.165, 1.54) is 12.4 Å². The SMILES string of the molecule is COCCN1CCOC[C@]2(CC[C@H](CNC(=O)c3cnccn3)O2)C1. The molecule has 0 aliphatic carbocycles. The highest BCUT2D eigenvalue weighted by atomic mass is 16.6. The number of hydrogen-bond donors (Lipinski definition) is 1. The van der Waals surface area contributed by atoms with Crippen molar-refractivity contribution in [2.75, 3.05) is 53.1 Å². The standard InChI is InChI=1S/C17H26N4O4/c1-23-8-6-21-7-9-24-13-17(12-21)3-2-14(25-17)10-20-16(22)15-11-18-4-5-19-15/h4-5,11,14H,2-3,6-10,12-13H2,1H3,(H,20,22)/t14-,17+/m1/s1. The monoisotopic (exact) mass is 350 g/mol. The summed E-state index contributed by atoms with van der Waals surface area (Å²) in [5.41, 5.74) is 0.0328. The summed E-state index contributed by atoms with van der Waals surface area (Å²) in [6, 6.07) is 0. The van der Waals surface area contributed by atoms with Crippen molar-refractivity contribution in [2.24, 2.45) is 0 Å². The van der Waals surface area contributed by atoms with Gasteiger partial charge in [-0.2, -0.15) is 0 Å². The van der Waals surface area contributed by atoms with Crippen LogP contribution >= 0.6 is 0 Å². The van der Waals surface area contributed by atoms with Gasteiger partial charge in [-0.25, -0.2) is 4.98 Å². The van der Waals surface area contributed by atoms with E-state index in [0.717, 1.165) is 32.5 Å². The zero-order valence-electron chi connectivity index (χ0n) is 14.6. The maximum Gasteiger partial charge on any atom is 0.271 e. The van der Waals surface area contributed by atoms with E-state index in [2.05, 4.69) is 20.2 Å². The fourth-order valence-corrected chi connectivity index (χ4v) is 3.37. The Bertz CT molecular complexity index is 559. The summed E-state index contributed by atoms with van der Waals surface area (Å²) in [6.07, 6.45) is 6.34. The number of aromatic nitrogens is 2. The van der Waals surface area contributed by atoms with Crippen LogP contribution in [0.4, 0.5) is 0 Å². The molecule has 1 amide bonds. The molecule has 2 saturated heterocycles. The number of carbonyl (C=O) groups excluding carboxylic acids is 1. The van der Waals surface area contributed by atoms with E-state index >= 15 is 0 Å². The summed E-state index contributed by atoms with van der Waals surface area (Å²) in [5, 5.41) is 2.88. The Morgan fingerprint density at radius 1 is 1.52 bits per heavy atom. The second kappa shape index (κ2) is 8.66.